The summed E-state index contributed by atoms with van der Waals surface area (Å²) >= 11 is 3.22. The van der Waals surface area contributed by atoms with Gasteiger partial charge in [0.05, 0.1) is 5.01 Å². The molecule has 1 N–H and O–H groups in total. The van der Waals surface area contributed by atoms with Crippen molar-refractivity contribution in [3.05, 3.63) is 29.2 Å². The molecular weight excluding hydrogens is 357 g/mol. The van der Waals surface area contributed by atoms with E-state index in [1.165, 1.54) is 22.4 Å². The molecule has 0 atom stereocenters. The first-order valence-electron chi connectivity index (χ1n) is 8.28. The van der Waals surface area contributed by atoms with Gasteiger partial charge in [-0.15, -0.1) is 0 Å². The Balaban J connectivity index is 1.53. The number of hydrogen-bond donors (Lipinski definition) is 1. The summed E-state index contributed by atoms with van der Waals surface area (Å²) in [6.45, 7) is 2.11. The molecule has 0 aliphatic carbocycles. The Bertz CT molecular complexity index is 1040. The third kappa shape index (κ3) is 2.65. The summed E-state index contributed by atoms with van der Waals surface area (Å²) in [7, 11) is 1.80. The van der Waals surface area contributed by atoms with Gasteiger partial charge in [-0.3, -0.25) is 4.68 Å². The molecule has 1 fully saturated rings. The van der Waals surface area contributed by atoms with Crippen molar-refractivity contribution in [2.45, 2.75) is 18.8 Å². The fraction of sp³-hybridized carbons (Fsp3) is 0.353. The number of rotatable bonds is 2. The van der Waals surface area contributed by atoms with Crippen molar-refractivity contribution in [2.75, 3.05) is 13.1 Å². The maximum Gasteiger partial charge on any atom is 0.155 e. The number of halogens is 1. The molecule has 0 spiro atoms. The Morgan fingerprint density at radius 1 is 1.16 bits per heavy atom. The Hall–Kier alpha value is -1.90. The van der Waals surface area contributed by atoms with Crippen LogP contribution < -0.4 is 5.32 Å². The Kier molecular flexibility index (Phi) is 3.58. The first-order valence-corrected chi connectivity index (χ1v) is 9.92. The Labute approximate surface area is 151 Å². The van der Waals surface area contributed by atoms with E-state index in [1.807, 2.05) is 12.3 Å². The Morgan fingerprint density at radius 3 is 2.76 bits per heavy atom. The molecule has 0 amide bonds. The lowest BCUT2D eigenvalue weighted by Crippen LogP contribution is -2.26. The van der Waals surface area contributed by atoms with Crippen molar-refractivity contribution < 1.29 is 4.39 Å². The first-order chi connectivity index (χ1) is 12.2. The molecule has 4 heterocycles. The highest BCUT2D eigenvalue weighted by molar-refractivity contribution is 7.28. The first kappa shape index (κ1) is 15.4. The molecule has 0 unspecified atom stereocenters. The lowest BCUT2D eigenvalue weighted by Gasteiger charge is -2.20. The summed E-state index contributed by atoms with van der Waals surface area (Å²) in [4.78, 5) is 11.4. The van der Waals surface area contributed by atoms with Crippen LogP contribution in [-0.2, 0) is 7.05 Å². The molecule has 1 aliphatic rings. The molecule has 1 aromatic carbocycles. The largest absolute Gasteiger partial charge is 0.317 e. The van der Waals surface area contributed by atoms with Crippen LogP contribution in [0.25, 0.3) is 31.1 Å². The highest BCUT2D eigenvalue weighted by Gasteiger charge is 2.21. The second-order valence-electron chi connectivity index (χ2n) is 6.40. The molecule has 128 valence electrons. The van der Waals surface area contributed by atoms with Crippen molar-refractivity contribution in [3.63, 3.8) is 0 Å². The molecule has 3 aromatic heterocycles. The standard InChI is InChI=1S/C17H16FN5S2/c1-23-8-11-6-10(7-12(18)13(11)22-23)15-21-17-16(25-15)20-14(24-17)9-2-4-19-5-3-9/h6-9,19H,2-5H2,1H3. The van der Waals surface area contributed by atoms with Gasteiger partial charge in [-0.1, -0.05) is 22.7 Å². The van der Waals surface area contributed by atoms with Crippen LogP contribution in [0.2, 0.25) is 0 Å². The topological polar surface area (TPSA) is 55.6 Å². The van der Waals surface area contributed by atoms with E-state index in [0.29, 0.717) is 11.4 Å². The van der Waals surface area contributed by atoms with Crippen LogP contribution in [0.5, 0.6) is 0 Å². The van der Waals surface area contributed by atoms with Gasteiger partial charge in [-0.25, -0.2) is 14.4 Å². The van der Waals surface area contributed by atoms with E-state index in [4.69, 9.17) is 9.97 Å². The molecule has 25 heavy (non-hydrogen) atoms. The number of hydrogen-bond acceptors (Lipinski definition) is 6. The van der Waals surface area contributed by atoms with E-state index in [1.54, 1.807) is 23.1 Å². The van der Waals surface area contributed by atoms with Gasteiger partial charge in [0, 0.05) is 30.1 Å². The number of piperidine rings is 1. The predicted molar refractivity (Wildman–Crippen MR) is 99.8 cm³/mol. The summed E-state index contributed by atoms with van der Waals surface area (Å²) in [5.74, 6) is 0.232. The van der Waals surface area contributed by atoms with Crippen LogP contribution in [-0.4, -0.2) is 32.8 Å². The van der Waals surface area contributed by atoms with Gasteiger partial charge in [0.15, 0.2) is 15.5 Å². The molecule has 5 nitrogen and oxygen atoms in total. The molecule has 1 aliphatic heterocycles. The summed E-state index contributed by atoms with van der Waals surface area (Å²) in [5.41, 5.74) is 1.19. The normalized spacial score (nSPS) is 16.2. The molecule has 4 aromatic rings. The molecule has 0 radical (unpaired) electrons. The summed E-state index contributed by atoms with van der Waals surface area (Å²) in [6, 6.07) is 3.47. The van der Waals surface area contributed by atoms with Crippen LogP contribution in [0, 0.1) is 5.82 Å². The van der Waals surface area contributed by atoms with Crippen LogP contribution in [0.3, 0.4) is 0 Å². The maximum atomic E-state index is 14.3. The zero-order valence-corrected chi connectivity index (χ0v) is 15.3. The molecule has 8 heteroatoms. The van der Waals surface area contributed by atoms with Gasteiger partial charge in [-0.2, -0.15) is 5.10 Å². The van der Waals surface area contributed by atoms with Crippen LogP contribution in [0.4, 0.5) is 4.39 Å². The highest BCUT2D eigenvalue weighted by atomic mass is 32.1. The zero-order chi connectivity index (χ0) is 17.0. The minimum atomic E-state index is -0.310. The zero-order valence-electron chi connectivity index (χ0n) is 13.6. The fourth-order valence-corrected chi connectivity index (χ4v) is 5.57. The molecular formula is C17H16FN5S2. The van der Waals surface area contributed by atoms with Crippen LogP contribution in [0.15, 0.2) is 18.3 Å². The van der Waals surface area contributed by atoms with E-state index in [9.17, 15) is 4.39 Å². The smallest absolute Gasteiger partial charge is 0.155 e. The van der Waals surface area contributed by atoms with Crippen LogP contribution >= 0.6 is 22.7 Å². The summed E-state index contributed by atoms with van der Waals surface area (Å²) in [5, 5.41) is 10.3. The number of nitrogens with zero attached hydrogens (tertiary/aromatic N) is 4. The fourth-order valence-electron chi connectivity index (χ4n) is 3.36. The van der Waals surface area contributed by atoms with Gasteiger partial charge in [0.1, 0.15) is 10.5 Å². The lowest BCUT2D eigenvalue weighted by molar-refractivity contribution is 0.459. The van der Waals surface area contributed by atoms with Crippen molar-refractivity contribution in [1.29, 1.82) is 0 Å². The average molecular weight is 373 g/mol. The van der Waals surface area contributed by atoms with Crippen LogP contribution in [0.1, 0.15) is 23.8 Å². The van der Waals surface area contributed by atoms with Gasteiger partial charge >= 0.3 is 0 Å². The number of fused-ring (bicyclic) bond motifs is 2. The minimum absolute atomic E-state index is 0.310. The van der Waals surface area contributed by atoms with E-state index in [2.05, 4.69) is 10.4 Å². The van der Waals surface area contributed by atoms with Gasteiger partial charge in [-0.05, 0) is 38.1 Å². The van der Waals surface area contributed by atoms with Gasteiger partial charge < -0.3 is 5.32 Å². The summed E-state index contributed by atoms with van der Waals surface area (Å²) in [6.07, 6.45) is 4.10. The van der Waals surface area contributed by atoms with Crippen molar-refractivity contribution in [2.24, 2.45) is 7.05 Å². The molecule has 0 bridgehead atoms. The SMILES string of the molecule is Cn1cc2cc(-c3nc4sc(C5CCNCC5)nc4s3)cc(F)c2n1. The molecule has 1 saturated heterocycles. The van der Waals surface area contributed by atoms with E-state index < -0.39 is 0 Å². The molecule has 0 saturated carbocycles. The molecule has 5 rings (SSSR count). The predicted octanol–water partition coefficient (Wildman–Crippen LogP) is 3.91. The second-order valence-corrected chi connectivity index (χ2v) is 8.39. The van der Waals surface area contributed by atoms with E-state index in [0.717, 1.165) is 51.5 Å². The number of thiazole rings is 2. The third-order valence-electron chi connectivity index (χ3n) is 4.60. The van der Waals surface area contributed by atoms with Gasteiger partial charge in [0.25, 0.3) is 0 Å². The number of aryl methyl sites for hydroxylation is 1. The highest BCUT2D eigenvalue weighted by Crippen LogP contribution is 2.38. The second kappa shape index (κ2) is 5.82. The monoisotopic (exact) mass is 373 g/mol. The lowest BCUT2D eigenvalue weighted by atomic mass is 9.99. The average Bonchev–Trinajstić information content (AvgIpc) is 3.27. The van der Waals surface area contributed by atoms with E-state index >= 15 is 0 Å². The van der Waals surface area contributed by atoms with Gasteiger partial charge in [0.2, 0.25) is 0 Å². The van der Waals surface area contributed by atoms with Crippen molar-refractivity contribution in [3.8, 4) is 10.6 Å². The number of benzene rings is 1. The minimum Gasteiger partial charge on any atom is -0.317 e. The van der Waals surface area contributed by atoms with Crippen molar-refractivity contribution >= 4 is 43.2 Å². The Morgan fingerprint density at radius 2 is 1.96 bits per heavy atom. The van der Waals surface area contributed by atoms with E-state index in [-0.39, 0.29) is 5.82 Å². The maximum absolute atomic E-state index is 14.3. The number of aromatic nitrogens is 4. The summed E-state index contributed by atoms with van der Waals surface area (Å²) < 4.78 is 15.9. The quantitative estimate of drug-likeness (QED) is 0.579. The number of nitrogens with one attached hydrogen (secondary N) is 1. The van der Waals surface area contributed by atoms with Crippen molar-refractivity contribution in [1.82, 2.24) is 25.1 Å². The third-order valence-corrected chi connectivity index (χ3v) is 6.84.